The van der Waals surface area contributed by atoms with Gasteiger partial charge in [0.1, 0.15) is 4.92 Å². The van der Waals surface area contributed by atoms with Crippen LogP contribution in [0.2, 0.25) is 0 Å². The summed E-state index contributed by atoms with van der Waals surface area (Å²) >= 11 is 1.46. The summed E-state index contributed by atoms with van der Waals surface area (Å²) in [6, 6.07) is 9.32. The van der Waals surface area contributed by atoms with E-state index in [1.54, 1.807) is 12.1 Å². The van der Waals surface area contributed by atoms with Crippen molar-refractivity contribution in [3.63, 3.8) is 0 Å². The number of carbonyl (C=O) groups is 2. The van der Waals surface area contributed by atoms with Crippen LogP contribution in [-0.4, -0.2) is 29.7 Å². The van der Waals surface area contributed by atoms with E-state index >= 15 is 0 Å². The Morgan fingerprint density at radius 2 is 2.04 bits per heavy atom. The van der Waals surface area contributed by atoms with Crippen molar-refractivity contribution < 1.29 is 23.7 Å². The van der Waals surface area contributed by atoms with Crippen LogP contribution in [0.15, 0.2) is 45.7 Å². The second kappa shape index (κ2) is 7.45. The zero-order valence-corrected chi connectivity index (χ0v) is 12.8. The molecule has 0 aliphatic rings. The minimum absolute atomic E-state index is 0.339. The lowest BCUT2D eigenvalue weighted by atomic mass is 10.3. The summed E-state index contributed by atoms with van der Waals surface area (Å²) in [6.45, 7) is -0.532. The Labute approximate surface area is 135 Å². The molecule has 23 heavy (non-hydrogen) atoms. The van der Waals surface area contributed by atoms with Crippen LogP contribution in [-0.2, 0) is 9.53 Å². The third-order valence-corrected chi connectivity index (χ3v) is 3.48. The number of hydrogen-bond acceptors (Lipinski definition) is 7. The molecular formula is C14H12N2O6S. The van der Waals surface area contributed by atoms with E-state index in [1.165, 1.54) is 11.8 Å². The first-order chi connectivity index (χ1) is 11.0. The fourth-order valence-corrected chi connectivity index (χ4v) is 2.23. The number of para-hydroxylation sites is 1. The summed E-state index contributed by atoms with van der Waals surface area (Å²) < 4.78 is 9.44. The standard InChI is InChI=1S/C14H12N2O6S/c1-23-11-5-3-2-4-9(11)15-12(17)8-21-14(18)10-6-7-13(22-10)16(19)20/h2-7H,8H2,1H3,(H,15,17). The molecule has 2 aromatic rings. The molecule has 1 aromatic carbocycles. The number of thioether (sulfide) groups is 1. The van der Waals surface area contributed by atoms with E-state index in [4.69, 9.17) is 4.74 Å². The maximum atomic E-state index is 11.8. The number of esters is 1. The monoisotopic (exact) mass is 336 g/mol. The average molecular weight is 336 g/mol. The third-order valence-electron chi connectivity index (χ3n) is 2.69. The van der Waals surface area contributed by atoms with E-state index in [1.807, 2.05) is 18.4 Å². The van der Waals surface area contributed by atoms with Crippen LogP contribution < -0.4 is 5.32 Å². The van der Waals surface area contributed by atoms with Gasteiger partial charge in [-0.25, -0.2) is 4.79 Å². The average Bonchev–Trinajstić information content (AvgIpc) is 3.03. The van der Waals surface area contributed by atoms with E-state index < -0.39 is 29.3 Å². The summed E-state index contributed by atoms with van der Waals surface area (Å²) in [5.74, 6) is -2.39. The lowest BCUT2D eigenvalue weighted by Gasteiger charge is -2.09. The molecular weight excluding hydrogens is 324 g/mol. The van der Waals surface area contributed by atoms with Gasteiger partial charge in [-0.05, 0) is 24.5 Å². The number of anilines is 1. The zero-order chi connectivity index (χ0) is 16.8. The van der Waals surface area contributed by atoms with Gasteiger partial charge < -0.3 is 14.5 Å². The van der Waals surface area contributed by atoms with E-state index in [9.17, 15) is 19.7 Å². The molecule has 1 aromatic heterocycles. The Kier molecular flexibility index (Phi) is 5.36. The van der Waals surface area contributed by atoms with E-state index in [0.717, 1.165) is 17.0 Å². The van der Waals surface area contributed by atoms with Crippen LogP contribution in [0.3, 0.4) is 0 Å². The number of amides is 1. The molecule has 8 nitrogen and oxygen atoms in total. The second-order valence-electron chi connectivity index (χ2n) is 4.22. The van der Waals surface area contributed by atoms with E-state index in [-0.39, 0.29) is 5.76 Å². The van der Waals surface area contributed by atoms with Gasteiger partial charge in [0.15, 0.2) is 6.61 Å². The number of nitrogens with one attached hydrogen (secondary N) is 1. The first-order valence-corrected chi connectivity index (χ1v) is 7.58. The molecule has 0 saturated heterocycles. The fraction of sp³-hybridized carbons (Fsp3) is 0.143. The maximum absolute atomic E-state index is 11.8. The highest BCUT2D eigenvalue weighted by atomic mass is 32.2. The van der Waals surface area contributed by atoms with Crippen molar-refractivity contribution in [3.05, 3.63) is 52.3 Å². The molecule has 0 unspecified atom stereocenters. The third kappa shape index (κ3) is 4.33. The predicted octanol–water partition coefficient (Wildman–Crippen LogP) is 2.71. The van der Waals surface area contributed by atoms with Gasteiger partial charge >= 0.3 is 11.9 Å². The minimum Gasteiger partial charge on any atom is -0.450 e. The number of ether oxygens (including phenoxy) is 1. The van der Waals surface area contributed by atoms with Crippen LogP contribution in [0.4, 0.5) is 11.6 Å². The SMILES string of the molecule is CSc1ccccc1NC(=O)COC(=O)c1ccc([N+](=O)[O-])o1. The number of nitro groups is 1. The van der Waals surface area contributed by atoms with Gasteiger partial charge in [0.2, 0.25) is 5.76 Å². The first-order valence-electron chi connectivity index (χ1n) is 6.35. The van der Waals surface area contributed by atoms with Gasteiger partial charge in [0.25, 0.3) is 5.91 Å². The van der Waals surface area contributed by atoms with E-state index in [2.05, 4.69) is 9.73 Å². The number of nitrogens with zero attached hydrogens (tertiary/aromatic N) is 1. The zero-order valence-electron chi connectivity index (χ0n) is 12.0. The Hall–Kier alpha value is -2.81. The van der Waals surface area contributed by atoms with Gasteiger partial charge in [0.05, 0.1) is 11.8 Å². The molecule has 9 heteroatoms. The van der Waals surface area contributed by atoms with Crippen molar-refractivity contribution >= 4 is 35.2 Å². The quantitative estimate of drug-likeness (QED) is 0.373. The molecule has 1 amide bonds. The fourth-order valence-electron chi connectivity index (χ4n) is 1.67. The van der Waals surface area contributed by atoms with Crippen molar-refractivity contribution in [1.82, 2.24) is 0 Å². The minimum atomic E-state index is -0.952. The number of carbonyl (C=O) groups excluding carboxylic acids is 2. The molecule has 1 N–H and O–H groups in total. The first kappa shape index (κ1) is 16.6. The number of hydrogen-bond donors (Lipinski definition) is 1. The summed E-state index contributed by atoms with van der Waals surface area (Å²) in [5.41, 5.74) is 0.606. The Bertz CT molecular complexity index is 742. The highest BCUT2D eigenvalue weighted by Gasteiger charge is 2.19. The summed E-state index contributed by atoms with van der Waals surface area (Å²) in [7, 11) is 0. The van der Waals surface area contributed by atoms with Crippen LogP contribution >= 0.6 is 11.8 Å². The van der Waals surface area contributed by atoms with Crippen LogP contribution in [0.5, 0.6) is 0 Å². The molecule has 0 aliphatic carbocycles. The van der Waals surface area contributed by atoms with Crippen LogP contribution in [0.25, 0.3) is 0 Å². The number of rotatable bonds is 6. The highest BCUT2D eigenvalue weighted by Crippen LogP contribution is 2.24. The van der Waals surface area contributed by atoms with E-state index in [0.29, 0.717) is 5.69 Å². The van der Waals surface area contributed by atoms with Crippen molar-refractivity contribution in [2.75, 3.05) is 18.2 Å². The topological polar surface area (TPSA) is 112 Å². The van der Waals surface area contributed by atoms with Gasteiger partial charge in [0, 0.05) is 4.90 Å². The molecule has 2 rings (SSSR count). The van der Waals surface area contributed by atoms with Gasteiger partial charge in [-0.15, -0.1) is 11.8 Å². The molecule has 120 valence electrons. The smallest absolute Gasteiger partial charge is 0.433 e. The second-order valence-corrected chi connectivity index (χ2v) is 5.07. The van der Waals surface area contributed by atoms with Crippen molar-refractivity contribution in [2.24, 2.45) is 0 Å². The maximum Gasteiger partial charge on any atom is 0.433 e. The lowest BCUT2D eigenvalue weighted by molar-refractivity contribution is -0.402. The normalized spacial score (nSPS) is 10.1. The Morgan fingerprint density at radius 3 is 2.70 bits per heavy atom. The van der Waals surface area contributed by atoms with Gasteiger partial charge in [-0.3, -0.25) is 14.9 Å². The Balaban J connectivity index is 1.90. The van der Waals surface area contributed by atoms with Crippen LogP contribution in [0, 0.1) is 10.1 Å². The molecule has 0 spiro atoms. The van der Waals surface area contributed by atoms with Crippen molar-refractivity contribution in [1.29, 1.82) is 0 Å². The molecule has 0 radical (unpaired) electrons. The van der Waals surface area contributed by atoms with Crippen molar-refractivity contribution in [2.45, 2.75) is 4.90 Å². The lowest BCUT2D eigenvalue weighted by Crippen LogP contribution is -2.21. The summed E-state index contributed by atoms with van der Waals surface area (Å²) in [4.78, 5) is 34.0. The Morgan fingerprint density at radius 1 is 1.30 bits per heavy atom. The molecule has 0 fully saturated rings. The molecule has 0 aliphatic heterocycles. The number of furan rings is 1. The molecule has 0 atom stereocenters. The summed E-state index contributed by atoms with van der Waals surface area (Å²) in [6.07, 6.45) is 1.87. The largest absolute Gasteiger partial charge is 0.450 e. The number of benzene rings is 1. The predicted molar refractivity (Wildman–Crippen MR) is 82.5 cm³/mol. The van der Waals surface area contributed by atoms with Crippen molar-refractivity contribution in [3.8, 4) is 0 Å². The van der Waals surface area contributed by atoms with Crippen LogP contribution in [0.1, 0.15) is 10.6 Å². The molecule has 1 heterocycles. The highest BCUT2D eigenvalue weighted by molar-refractivity contribution is 7.98. The molecule has 0 bridgehead atoms. The van der Waals surface area contributed by atoms with Gasteiger partial charge in [-0.2, -0.15) is 0 Å². The summed E-state index contributed by atoms with van der Waals surface area (Å²) in [5, 5.41) is 13.1. The van der Waals surface area contributed by atoms with Gasteiger partial charge in [-0.1, -0.05) is 12.1 Å². The molecule has 0 saturated carbocycles.